The number of aliphatic carboxylic acids is 1. The number of hydrogen-bond acceptors (Lipinski definition) is 5. The second kappa shape index (κ2) is 3.96. The van der Waals surface area contributed by atoms with Gasteiger partial charge in [-0.1, -0.05) is 0 Å². The molecule has 0 radical (unpaired) electrons. The molecule has 1 spiro atoms. The van der Waals surface area contributed by atoms with Gasteiger partial charge in [-0.05, 0) is 12.8 Å². The third kappa shape index (κ3) is 1.93. The molecule has 2 fully saturated rings. The van der Waals surface area contributed by atoms with Gasteiger partial charge in [-0.15, -0.1) is 0 Å². The zero-order chi connectivity index (χ0) is 11.8. The van der Waals surface area contributed by atoms with Gasteiger partial charge in [0.15, 0.2) is 11.9 Å². The first kappa shape index (κ1) is 11.8. The molecule has 1 aliphatic carbocycles. The van der Waals surface area contributed by atoms with Crippen LogP contribution in [0.25, 0.3) is 0 Å². The third-order valence-corrected chi connectivity index (χ3v) is 3.43. The maximum atomic E-state index is 10.6. The van der Waals surface area contributed by atoms with E-state index >= 15 is 0 Å². The van der Waals surface area contributed by atoms with Crippen molar-refractivity contribution in [3.63, 3.8) is 0 Å². The first-order valence-electron chi connectivity index (χ1n) is 5.39. The normalized spacial score (nSPS) is 29.1. The van der Waals surface area contributed by atoms with Crippen molar-refractivity contribution in [2.24, 2.45) is 0 Å². The van der Waals surface area contributed by atoms with Crippen LogP contribution in [0.4, 0.5) is 0 Å². The van der Waals surface area contributed by atoms with Gasteiger partial charge in [-0.25, -0.2) is 4.79 Å². The summed E-state index contributed by atoms with van der Waals surface area (Å²) in [5.74, 6) is -2.06. The molecule has 0 aromatic carbocycles. The molecule has 1 saturated heterocycles. The smallest absolute Gasteiger partial charge is 0.335 e. The predicted octanol–water partition coefficient (Wildman–Crippen LogP) is -0.520. The quantitative estimate of drug-likeness (QED) is 0.593. The summed E-state index contributed by atoms with van der Waals surface area (Å²) in [5, 5.41) is 28.1. The molecule has 1 heterocycles. The van der Waals surface area contributed by atoms with Crippen molar-refractivity contribution in [2.45, 2.75) is 43.2 Å². The molecule has 92 valence electrons. The minimum Gasteiger partial charge on any atom is -0.479 e. The van der Waals surface area contributed by atoms with Crippen LogP contribution in [0.5, 0.6) is 0 Å². The van der Waals surface area contributed by atoms with Crippen molar-refractivity contribution < 1.29 is 29.6 Å². The van der Waals surface area contributed by atoms with E-state index in [1.54, 1.807) is 0 Å². The molecule has 3 N–H and O–H groups in total. The monoisotopic (exact) mass is 232 g/mol. The Morgan fingerprint density at radius 3 is 2.06 bits per heavy atom. The Balaban J connectivity index is 2.00. The molecular formula is C10H16O6. The summed E-state index contributed by atoms with van der Waals surface area (Å²) in [4.78, 5) is 10.6. The lowest BCUT2D eigenvalue weighted by molar-refractivity contribution is -0.219. The van der Waals surface area contributed by atoms with Gasteiger partial charge in [0.25, 0.3) is 0 Å². The Morgan fingerprint density at radius 1 is 1.12 bits per heavy atom. The Morgan fingerprint density at radius 2 is 1.62 bits per heavy atom. The van der Waals surface area contributed by atoms with Crippen LogP contribution in [0.3, 0.4) is 0 Å². The highest BCUT2D eigenvalue weighted by atomic mass is 16.7. The average Bonchev–Trinajstić information content (AvgIpc) is 2.71. The van der Waals surface area contributed by atoms with Crippen LogP contribution in [-0.4, -0.2) is 52.0 Å². The molecular weight excluding hydrogens is 216 g/mol. The van der Waals surface area contributed by atoms with Crippen molar-refractivity contribution in [2.75, 3.05) is 13.2 Å². The molecule has 0 amide bonds. The van der Waals surface area contributed by atoms with Gasteiger partial charge < -0.3 is 24.8 Å². The lowest BCUT2D eigenvalue weighted by Gasteiger charge is -2.41. The number of rotatable bonds is 2. The topological polar surface area (TPSA) is 96.2 Å². The van der Waals surface area contributed by atoms with Gasteiger partial charge in [0.05, 0.1) is 13.2 Å². The highest BCUT2D eigenvalue weighted by molar-refractivity contribution is 5.73. The summed E-state index contributed by atoms with van der Waals surface area (Å²) in [6.45, 7) is 1.06. The maximum Gasteiger partial charge on any atom is 0.335 e. The van der Waals surface area contributed by atoms with Gasteiger partial charge in [0, 0.05) is 12.8 Å². The maximum absolute atomic E-state index is 10.6. The fourth-order valence-corrected chi connectivity index (χ4v) is 2.35. The standard InChI is InChI=1S/C10H16O6/c11-7(8(12)13)9(14)1-3-10(4-2-9)15-5-6-16-10/h7,11,14H,1-6H2,(H,12,13). The molecule has 0 aromatic rings. The van der Waals surface area contributed by atoms with Gasteiger partial charge in [-0.2, -0.15) is 0 Å². The molecule has 0 bridgehead atoms. The van der Waals surface area contributed by atoms with Crippen molar-refractivity contribution in [1.29, 1.82) is 0 Å². The second-order valence-electron chi connectivity index (χ2n) is 4.45. The highest BCUT2D eigenvalue weighted by Crippen LogP contribution is 2.41. The van der Waals surface area contributed by atoms with E-state index < -0.39 is 23.5 Å². The highest BCUT2D eigenvalue weighted by Gasteiger charge is 2.50. The molecule has 1 saturated carbocycles. The second-order valence-corrected chi connectivity index (χ2v) is 4.45. The fraction of sp³-hybridized carbons (Fsp3) is 0.900. The van der Waals surface area contributed by atoms with Crippen LogP contribution in [0.15, 0.2) is 0 Å². The average molecular weight is 232 g/mol. The first-order valence-corrected chi connectivity index (χ1v) is 5.39. The van der Waals surface area contributed by atoms with Gasteiger partial charge in [0.1, 0.15) is 5.60 Å². The minimum atomic E-state index is -1.74. The number of carboxylic acids is 1. The molecule has 16 heavy (non-hydrogen) atoms. The number of carbonyl (C=O) groups is 1. The number of hydrogen-bond donors (Lipinski definition) is 3. The Labute approximate surface area is 92.8 Å². The summed E-state index contributed by atoms with van der Waals surface area (Å²) in [7, 11) is 0. The van der Waals surface area contributed by atoms with Crippen molar-refractivity contribution in [3.8, 4) is 0 Å². The molecule has 1 aliphatic heterocycles. The molecule has 1 atom stereocenters. The first-order chi connectivity index (χ1) is 7.48. The zero-order valence-electron chi connectivity index (χ0n) is 8.89. The summed E-state index contributed by atoms with van der Waals surface area (Å²) in [5.41, 5.74) is -1.56. The van der Waals surface area contributed by atoms with E-state index in [0.29, 0.717) is 26.1 Å². The van der Waals surface area contributed by atoms with Crippen LogP contribution in [0.2, 0.25) is 0 Å². The van der Waals surface area contributed by atoms with E-state index in [9.17, 15) is 15.0 Å². The van der Waals surface area contributed by atoms with Crippen LogP contribution < -0.4 is 0 Å². The van der Waals surface area contributed by atoms with Crippen LogP contribution >= 0.6 is 0 Å². The minimum absolute atomic E-state index is 0.167. The lowest BCUT2D eigenvalue weighted by Crippen LogP contribution is -2.53. The molecule has 6 nitrogen and oxygen atoms in total. The largest absolute Gasteiger partial charge is 0.479 e. The zero-order valence-corrected chi connectivity index (χ0v) is 8.89. The van der Waals surface area contributed by atoms with Crippen LogP contribution in [0, 0.1) is 0 Å². The van der Waals surface area contributed by atoms with E-state index in [0.717, 1.165) is 0 Å². The fourth-order valence-electron chi connectivity index (χ4n) is 2.35. The molecule has 2 aliphatic rings. The Hall–Kier alpha value is -0.690. The van der Waals surface area contributed by atoms with E-state index in [1.807, 2.05) is 0 Å². The number of aliphatic hydroxyl groups excluding tert-OH is 1. The van der Waals surface area contributed by atoms with Crippen LogP contribution in [0.1, 0.15) is 25.7 Å². The van der Waals surface area contributed by atoms with Crippen molar-refractivity contribution >= 4 is 5.97 Å². The van der Waals surface area contributed by atoms with Gasteiger partial charge in [-0.3, -0.25) is 0 Å². The number of carboxylic acid groups (broad SMARTS) is 1. The summed E-state index contributed by atoms with van der Waals surface area (Å²) in [6.07, 6.45) is -0.589. The number of ether oxygens (including phenoxy) is 2. The third-order valence-electron chi connectivity index (χ3n) is 3.43. The van der Waals surface area contributed by atoms with E-state index in [4.69, 9.17) is 14.6 Å². The molecule has 0 aromatic heterocycles. The SMILES string of the molecule is O=C(O)C(O)C1(O)CCC2(CC1)OCCO2. The van der Waals surface area contributed by atoms with Gasteiger partial charge in [0.2, 0.25) is 0 Å². The van der Waals surface area contributed by atoms with E-state index in [2.05, 4.69) is 0 Å². The Bertz CT molecular complexity index is 273. The predicted molar refractivity (Wildman–Crippen MR) is 51.7 cm³/mol. The number of aliphatic hydroxyl groups is 2. The molecule has 6 heteroatoms. The summed E-state index contributed by atoms with van der Waals surface area (Å²) >= 11 is 0. The lowest BCUT2D eigenvalue weighted by atomic mass is 9.78. The summed E-state index contributed by atoms with van der Waals surface area (Å²) < 4.78 is 10.9. The summed E-state index contributed by atoms with van der Waals surface area (Å²) in [6, 6.07) is 0. The van der Waals surface area contributed by atoms with E-state index in [-0.39, 0.29) is 12.8 Å². The van der Waals surface area contributed by atoms with E-state index in [1.165, 1.54) is 0 Å². The Kier molecular flexibility index (Phi) is 2.91. The van der Waals surface area contributed by atoms with Crippen LogP contribution in [-0.2, 0) is 14.3 Å². The molecule has 2 rings (SSSR count). The molecule has 1 unspecified atom stereocenters. The van der Waals surface area contributed by atoms with Crippen molar-refractivity contribution in [3.05, 3.63) is 0 Å². The van der Waals surface area contributed by atoms with Gasteiger partial charge >= 0.3 is 5.97 Å². The van der Waals surface area contributed by atoms with Crippen molar-refractivity contribution in [1.82, 2.24) is 0 Å².